The Hall–Kier alpha value is -1.68. The summed E-state index contributed by atoms with van der Waals surface area (Å²) in [5.41, 5.74) is 3.72. The van der Waals surface area contributed by atoms with Gasteiger partial charge in [-0.15, -0.1) is 11.3 Å². The van der Waals surface area contributed by atoms with Crippen molar-refractivity contribution in [1.29, 1.82) is 0 Å². The van der Waals surface area contributed by atoms with E-state index >= 15 is 0 Å². The average Bonchev–Trinajstić information content (AvgIpc) is 2.90. The Morgan fingerprint density at radius 1 is 1.31 bits per heavy atom. The van der Waals surface area contributed by atoms with Crippen LogP contribution < -0.4 is 0 Å². The van der Waals surface area contributed by atoms with Gasteiger partial charge in [0, 0.05) is 11.6 Å². The Balaban J connectivity index is 2.07. The van der Waals surface area contributed by atoms with Crippen molar-refractivity contribution in [2.75, 3.05) is 0 Å². The third-order valence-electron chi connectivity index (χ3n) is 2.55. The molecule has 0 radical (unpaired) electrons. The molecular weight excluding hydrogens is 223 g/mol. The summed E-state index contributed by atoms with van der Waals surface area (Å²) in [7, 11) is 0. The first kappa shape index (κ1) is 9.54. The first-order chi connectivity index (χ1) is 7.83. The largest absolute Gasteiger partial charge is 0.341 e. The molecule has 2 nitrogen and oxygen atoms in total. The monoisotopic (exact) mass is 232 g/mol. The molecule has 2 aromatic heterocycles. The number of fused-ring (bicyclic) bond motifs is 1. The summed E-state index contributed by atoms with van der Waals surface area (Å²) in [6.07, 6.45) is 1.96. The van der Waals surface area contributed by atoms with Crippen LogP contribution in [0, 0.1) is 5.82 Å². The quantitative estimate of drug-likeness (QED) is 0.663. The zero-order valence-electron chi connectivity index (χ0n) is 8.43. The number of nitrogens with zero attached hydrogens (tertiary/aromatic N) is 2. The maximum Gasteiger partial charge on any atom is 0.125 e. The second kappa shape index (κ2) is 3.72. The van der Waals surface area contributed by atoms with Crippen LogP contribution in [-0.2, 0) is 6.54 Å². The lowest BCUT2D eigenvalue weighted by atomic mass is 10.2. The number of hydrogen-bond acceptors (Lipinski definition) is 2. The third kappa shape index (κ3) is 1.61. The van der Waals surface area contributed by atoms with Crippen molar-refractivity contribution < 1.29 is 4.39 Å². The van der Waals surface area contributed by atoms with Crippen LogP contribution in [0.5, 0.6) is 0 Å². The van der Waals surface area contributed by atoms with Crippen molar-refractivity contribution in [2.45, 2.75) is 6.54 Å². The lowest BCUT2D eigenvalue weighted by Crippen LogP contribution is -1.97. The fourth-order valence-corrected chi connectivity index (χ4v) is 2.33. The van der Waals surface area contributed by atoms with Gasteiger partial charge in [0.05, 0.1) is 23.3 Å². The van der Waals surface area contributed by atoms with Crippen molar-refractivity contribution in [3.63, 3.8) is 0 Å². The molecule has 3 aromatic rings. The van der Waals surface area contributed by atoms with Gasteiger partial charge in [0.1, 0.15) is 5.82 Å². The van der Waals surface area contributed by atoms with E-state index in [0.29, 0.717) is 6.54 Å². The highest BCUT2D eigenvalue weighted by molar-refractivity contribution is 7.07. The van der Waals surface area contributed by atoms with Gasteiger partial charge in [0.15, 0.2) is 0 Å². The van der Waals surface area contributed by atoms with Gasteiger partial charge >= 0.3 is 0 Å². The van der Waals surface area contributed by atoms with Gasteiger partial charge in [0.25, 0.3) is 0 Å². The standard InChI is InChI=1S/C12H9FN2S/c13-10-2-1-9-3-4-15(12(9)5-10)6-11-7-16-8-14-11/h1-5,7-8H,6H2. The summed E-state index contributed by atoms with van der Waals surface area (Å²) in [6.45, 7) is 0.691. The average molecular weight is 232 g/mol. The van der Waals surface area contributed by atoms with E-state index < -0.39 is 0 Å². The van der Waals surface area contributed by atoms with Gasteiger partial charge in [-0.25, -0.2) is 9.37 Å². The van der Waals surface area contributed by atoms with Crippen LogP contribution in [0.15, 0.2) is 41.4 Å². The molecule has 0 bridgehead atoms. The van der Waals surface area contributed by atoms with Crippen LogP contribution in [0.3, 0.4) is 0 Å². The number of rotatable bonds is 2. The molecule has 0 saturated heterocycles. The van der Waals surface area contributed by atoms with E-state index in [4.69, 9.17) is 0 Å². The summed E-state index contributed by atoms with van der Waals surface area (Å²) < 4.78 is 15.2. The smallest absolute Gasteiger partial charge is 0.125 e. The first-order valence-electron chi connectivity index (χ1n) is 4.94. The molecule has 0 atom stereocenters. The van der Waals surface area contributed by atoms with E-state index in [2.05, 4.69) is 4.98 Å². The summed E-state index contributed by atoms with van der Waals surface area (Å²) in [5.74, 6) is -0.203. The fourth-order valence-electron chi connectivity index (χ4n) is 1.79. The lowest BCUT2D eigenvalue weighted by molar-refractivity contribution is 0.628. The van der Waals surface area contributed by atoms with Crippen LogP contribution in [0.2, 0.25) is 0 Å². The Kier molecular flexibility index (Phi) is 2.22. The molecule has 0 saturated carbocycles. The molecule has 0 spiro atoms. The second-order valence-corrected chi connectivity index (χ2v) is 4.35. The highest BCUT2D eigenvalue weighted by atomic mass is 32.1. The molecule has 0 unspecified atom stereocenters. The number of benzene rings is 1. The predicted octanol–water partition coefficient (Wildman–Crippen LogP) is 3.29. The van der Waals surface area contributed by atoms with E-state index in [1.165, 1.54) is 6.07 Å². The molecular formula is C12H9FN2S. The Bertz CT molecular complexity index is 613. The number of thiazole rings is 1. The lowest BCUT2D eigenvalue weighted by Gasteiger charge is -2.02. The second-order valence-electron chi connectivity index (χ2n) is 3.63. The number of halogens is 1. The minimum absolute atomic E-state index is 0.203. The number of aromatic nitrogens is 2. The highest BCUT2D eigenvalue weighted by Gasteiger charge is 2.03. The van der Waals surface area contributed by atoms with Gasteiger partial charge in [-0.3, -0.25) is 0 Å². The maximum absolute atomic E-state index is 13.1. The molecule has 0 N–H and O–H groups in total. The fraction of sp³-hybridized carbons (Fsp3) is 0.0833. The highest BCUT2D eigenvalue weighted by Crippen LogP contribution is 2.18. The van der Waals surface area contributed by atoms with Gasteiger partial charge < -0.3 is 4.57 Å². The predicted molar refractivity (Wildman–Crippen MR) is 63.1 cm³/mol. The number of hydrogen-bond donors (Lipinski definition) is 0. The minimum atomic E-state index is -0.203. The Morgan fingerprint density at radius 2 is 2.25 bits per heavy atom. The molecule has 1 aromatic carbocycles. The molecule has 0 aliphatic heterocycles. The van der Waals surface area contributed by atoms with E-state index in [1.54, 1.807) is 23.5 Å². The molecule has 2 heterocycles. The van der Waals surface area contributed by atoms with Crippen LogP contribution in [0.4, 0.5) is 4.39 Å². The van der Waals surface area contributed by atoms with Crippen LogP contribution in [0.1, 0.15) is 5.69 Å². The van der Waals surface area contributed by atoms with Gasteiger partial charge in [-0.1, -0.05) is 0 Å². The van der Waals surface area contributed by atoms with E-state index in [0.717, 1.165) is 16.6 Å². The maximum atomic E-state index is 13.1. The summed E-state index contributed by atoms with van der Waals surface area (Å²) in [6, 6.07) is 6.82. The molecule has 0 aliphatic rings. The summed E-state index contributed by atoms with van der Waals surface area (Å²) >= 11 is 1.57. The van der Waals surface area contributed by atoms with E-state index in [-0.39, 0.29) is 5.82 Å². The molecule has 80 valence electrons. The topological polar surface area (TPSA) is 17.8 Å². The van der Waals surface area contributed by atoms with Crippen LogP contribution >= 0.6 is 11.3 Å². The molecule has 0 amide bonds. The van der Waals surface area contributed by atoms with Gasteiger partial charge in [-0.2, -0.15) is 0 Å². The summed E-state index contributed by atoms with van der Waals surface area (Å²) in [4.78, 5) is 4.22. The third-order valence-corrected chi connectivity index (χ3v) is 3.19. The molecule has 0 aliphatic carbocycles. The zero-order chi connectivity index (χ0) is 11.0. The minimum Gasteiger partial charge on any atom is -0.341 e. The van der Waals surface area contributed by atoms with Crippen molar-refractivity contribution in [3.8, 4) is 0 Å². The van der Waals surface area contributed by atoms with Crippen LogP contribution in [-0.4, -0.2) is 9.55 Å². The SMILES string of the molecule is Fc1ccc2ccn(Cc3cscn3)c2c1. The molecule has 3 rings (SSSR count). The van der Waals surface area contributed by atoms with E-state index in [1.807, 2.05) is 27.7 Å². The first-order valence-corrected chi connectivity index (χ1v) is 5.89. The molecule has 16 heavy (non-hydrogen) atoms. The van der Waals surface area contributed by atoms with Gasteiger partial charge in [-0.05, 0) is 29.7 Å². The Morgan fingerprint density at radius 3 is 3.06 bits per heavy atom. The van der Waals surface area contributed by atoms with Crippen molar-refractivity contribution >= 4 is 22.2 Å². The molecule has 0 fully saturated rings. The Labute approximate surface area is 96.0 Å². The van der Waals surface area contributed by atoms with E-state index in [9.17, 15) is 4.39 Å². The van der Waals surface area contributed by atoms with Crippen molar-refractivity contribution in [2.24, 2.45) is 0 Å². The van der Waals surface area contributed by atoms with Crippen LogP contribution in [0.25, 0.3) is 10.9 Å². The summed E-state index contributed by atoms with van der Waals surface area (Å²) in [5, 5.41) is 3.06. The van der Waals surface area contributed by atoms with Gasteiger partial charge in [0.2, 0.25) is 0 Å². The molecule has 4 heteroatoms. The van der Waals surface area contributed by atoms with Crippen molar-refractivity contribution in [1.82, 2.24) is 9.55 Å². The van der Waals surface area contributed by atoms with Crippen molar-refractivity contribution in [3.05, 3.63) is 52.9 Å². The normalized spacial score (nSPS) is 11.1. The zero-order valence-corrected chi connectivity index (χ0v) is 9.25.